The number of ether oxygens (including phenoxy) is 1. The maximum Gasteiger partial charge on any atom is 0.289 e. The number of hydrogen-bond donors (Lipinski definition) is 1. The van der Waals surface area contributed by atoms with Crippen LogP contribution in [0.4, 0.5) is 4.39 Å². The van der Waals surface area contributed by atoms with Gasteiger partial charge < -0.3 is 14.6 Å². The van der Waals surface area contributed by atoms with Gasteiger partial charge in [0.05, 0.1) is 7.11 Å². The standard InChI is InChI=1S/C19H17FN2O3/c1-24-17-8-3-2-5-13(17)9-10-21-19(23)18-12-16(22-25-18)14-6-4-7-15(20)11-14/h2-8,11-12H,9-10H2,1H3,(H,21,23). The number of hydrogen-bond acceptors (Lipinski definition) is 4. The van der Waals surface area contributed by atoms with Gasteiger partial charge in [-0.05, 0) is 30.2 Å². The number of carbonyl (C=O) groups excluding carboxylic acids is 1. The van der Waals surface area contributed by atoms with Gasteiger partial charge in [-0.2, -0.15) is 0 Å². The van der Waals surface area contributed by atoms with E-state index in [-0.39, 0.29) is 17.5 Å². The quantitative estimate of drug-likeness (QED) is 0.746. The van der Waals surface area contributed by atoms with Crippen molar-refractivity contribution in [2.45, 2.75) is 6.42 Å². The second-order valence-corrected chi connectivity index (χ2v) is 5.40. The molecule has 0 aliphatic rings. The number of methoxy groups -OCH3 is 1. The monoisotopic (exact) mass is 340 g/mol. The summed E-state index contributed by atoms with van der Waals surface area (Å²) in [5.41, 5.74) is 1.97. The second-order valence-electron chi connectivity index (χ2n) is 5.40. The van der Waals surface area contributed by atoms with Crippen molar-refractivity contribution in [3.05, 3.63) is 71.7 Å². The Morgan fingerprint density at radius 3 is 2.84 bits per heavy atom. The first-order valence-corrected chi connectivity index (χ1v) is 7.80. The topological polar surface area (TPSA) is 64.4 Å². The number of nitrogens with one attached hydrogen (secondary N) is 1. The summed E-state index contributed by atoms with van der Waals surface area (Å²) in [6.07, 6.45) is 0.626. The highest BCUT2D eigenvalue weighted by Crippen LogP contribution is 2.20. The number of amides is 1. The van der Waals surface area contributed by atoms with Crippen LogP contribution in [-0.2, 0) is 6.42 Å². The van der Waals surface area contributed by atoms with Crippen LogP contribution in [-0.4, -0.2) is 24.7 Å². The molecule has 1 heterocycles. The van der Waals surface area contributed by atoms with Crippen LogP contribution >= 0.6 is 0 Å². The van der Waals surface area contributed by atoms with Crippen LogP contribution in [0.1, 0.15) is 16.1 Å². The van der Waals surface area contributed by atoms with E-state index in [1.54, 1.807) is 19.2 Å². The lowest BCUT2D eigenvalue weighted by atomic mass is 10.1. The van der Waals surface area contributed by atoms with E-state index in [9.17, 15) is 9.18 Å². The number of nitrogens with zero attached hydrogens (tertiary/aromatic N) is 1. The number of para-hydroxylation sites is 1. The van der Waals surface area contributed by atoms with Crippen LogP contribution < -0.4 is 10.1 Å². The van der Waals surface area contributed by atoms with Gasteiger partial charge in [-0.15, -0.1) is 0 Å². The van der Waals surface area contributed by atoms with Crippen molar-refractivity contribution < 1.29 is 18.4 Å². The third-order valence-electron chi connectivity index (χ3n) is 3.73. The molecular weight excluding hydrogens is 323 g/mol. The molecule has 1 N–H and O–H groups in total. The van der Waals surface area contributed by atoms with Gasteiger partial charge in [-0.3, -0.25) is 4.79 Å². The molecule has 0 saturated carbocycles. The third-order valence-corrected chi connectivity index (χ3v) is 3.73. The molecule has 0 fully saturated rings. The van der Waals surface area contributed by atoms with Gasteiger partial charge in [0.15, 0.2) is 0 Å². The van der Waals surface area contributed by atoms with Gasteiger partial charge in [0, 0.05) is 18.2 Å². The Morgan fingerprint density at radius 2 is 2.04 bits per heavy atom. The average Bonchev–Trinajstić information content (AvgIpc) is 3.12. The summed E-state index contributed by atoms with van der Waals surface area (Å²) < 4.78 is 23.6. The molecule has 0 unspecified atom stereocenters. The minimum absolute atomic E-state index is 0.0827. The molecule has 2 aromatic carbocycles. The maximum absolute atomic E-state index is 13.3. The third kappa shape index (κ3) is 4.03. The van der Waals surface area contributed by atoms with Crippen molar-refractivity contribution in [2.24, 2.45) is 0 Å². The first-order chi connectivity index (χ1) is 12.2. The summed E-state index contributed by atoms with van der Waals surface area (Å²) in [4.78, 5) is 12.2. The molecule has 128 valence electrons. The van der Waals surface area contributed by atoms with Crippen molar-refractivity contribution in [3.63, 3.8) is 0 Å². The summed E-state index contributed by atoms with van der Waals surface area (Å²) in [6.45, 7) is 0.426. The van der Waals surface area contributed by atoms with Crippen LogP contribution in [0.15, 0.2) is 59.1 Å². The molecule has 25 heavy (non-hydrogen) atoms. The fourth-order valence-corrected chi connectivity index (χ4v) is 2.47. The van der Waals surface area contributed by atoms with Crippen LogP contribution in [0.2, 0.25) is 0 Å². The Morgan fingerprint density at radius 1 is 1.20 bits per heavy atom. The van der Waals surface area contributed by atoms with E-state index in [0.29, 0.717) is 24.2 Å². The number of carbonyl (C=O) groups is 1. The smallest absolute Gasteiger partial charge is 0.289 e. The largest absolute Gasteiger partial charge is 0.496 e. The van der Waals surface area contributed by atoms with Crippen molar-refractivity contribution in [2.75, 3.05) is 13.7 Å². The molecule has 0 aliphatic heterocycles. The van der Waals surface area contributed by atoms with E-state index in [4.69, 9.17) is 9.26 Å². The number of benzene rings is 2. The first-order valence-electron chi connectivity index (χ1n) is 7.80. The van der Waals surface area contributed by atoms with E-state index in [2.05, 4.69) is 10.5 Å². The zero-order valence-electron chi connectivity index (χ0n) is 13.7. The van der Waals surface area contributed by atoms with Crippen LogP contribution in [0.3, 0.4) is 0 Å². The fourth-order valence-electron chi connectivity index (χ4n) is 2.47. The molecular formula is C19H17FN2O3. The Balaban J connectivity index is 1.61. The molecule has 0 aliphatic carbocycles. The van der Waals surface area contributed by atoms with Gasteiger partial charge in [0.1, 0.15) is 17.3 Å². The number of aromatic nitrogens is 1. The normalized spacial score (nSPS) is 10.5. The van der Waals surface area contributed by atoms with Gasteiger partial charge in [-0.25, -0.2) is 4.39 Å². The Hall–Kier alpha value is -3.15. The first kappa shape index (κ1) is 16.7. The van der Waals surface area contributed by atoms with Crippen molar-refractivity contribution in [3.8, 4) is 17.0 Å². The number of rotatable bonds is 6. The Bertz CT molecular complexity index is 876. The fraction of sp³-hybridized carbons (Fsp3) is 0.158. The molecule has 1 amide bonds. The number of halogens is 1. The SMILES string of the molecule is COc1ccccc1CCNC(=O)c1cc(-c2cccc(F)c2)no1. The van der Waals surface area contributed by atoms with Crippen molar-refractivity contribution >= 4 is 5.91 Å². The van der Waals surface area contributed by atoms with Crippen molar-refractivity contribution in [1.82, 2.24) is 10.5 Å². The van der Waals surface area contributed by atoms with Gasteiger partial charge in [-0.1, -0.05) is 35.5 Å². The minimum Gasteiger partial charge on any atom is -0.496 e. The molecule has 3 aromatic rings. The molecule has 0 radical (unpaired) electrons. The summed E-state index contributed by atoms with van der Waals surface area (Å²) in [7, 11) is 1.61. The summed E-state index contributed by atoms with van der Waals surface area (Å²) in [6, 6.07) is 15.1. The zero-order chi connectivity index (χ0) is 17.6. The molecule has 3 rings (SSSR count). The Labute approximate surface area is 144 Å². The lowest BCUT2D eigenvalue weighted by molar-refractivity contribution is 0.0917. The van der Waals surface area contributed by atoms with Crippen LogP contribution in [0, 0.1) is 5.82 Å². The summed E-state index contributed by atoms with van der Waals surface area (Å²) in [5.74, 6) is 0.123. The molecule has 0 atom stereocenters. The lowest BCUT2D eigenvalue weighted by Crippen LogP contribution is -2.25. The average molecular weight is 340 g/mol. The van der Waals surface area contributed by atoms with Crippen LogP contribution in [0.25, 0.3) is 11.3 Å². The second kappa shape index (κ2) is 7.61. The maximum atomic E-state index is 13.3. The highest BCUT2D eigenvalue weighted by atomic mass is 19.1. The lowest BCUT2D eigenvalue weighted by Gasteiger charge is -2.08. The molecule has 1 aromatic heterocycles. The minimum atomic E-state index is -0.372. The summed E-state index contributed by atoms with van der Waals surface area (Å²) >= 11 is 0. The zero-order valence-corrected chi connectivity index (χ0v) is 13.7. The van der Waals surface area contributed by atoms with Crippen LogP contribution in [0.5, 0.6) is 5.75 Å². The molecule has 5 nitrogen and oxygen atoms in total. The predicted octanol–water partition coefficient (Wildman–Crippen LogP) is 3.46. The molecule has 6 heteroatoms. The van der Waals surface area contributed by atoms with Crippen molar-refractivity contribution in [1.29, 1.82) is 0 Å². The highest BCUT2D eigenvalue weighted by Gasteiger charge is 2.14. The van der Waals surface area contributed by atoms with Gasteiger partial charge in [0.2, 0.25) is 5.76 Å². The molecule has 0 spiro atoms. The van der Waals surface area contributed by atoms with E-state index < -0.39 is 0 Å². The highest BCUT2D eigenvalue weighted by molar-refractivity contribution is 5.92. The van der Waals surface area contributed by atoms with E-state index in [1.165, 1.54) is 18.2 Å². The summed E-state index contributed by atoms with van der Waals surface area (Å²) in [5, 5.41) is 6.59. The van der Waals surface area contributed by atoms with Gasteiger partial charge >= 0.3 is 0 Å². The molecule has 0 bridgehead atoms. The Kier molecular flexibility index (Phi) is 5.09. The molecule has 0 saturated heterocycles. The van der Waals surface area contributed by atoms with E-state index in [1.807, 2.05) is 24.3 Å². The van der Waals surface area contributed by atoms with E-state index in [0.717, 1.165) is 11.3 Å². The predicted molar refractivity (Wildman–Crippen MR) is 90.9 cm³/mol. The van der Waals surface area contributed by atoms with Gasteiger partial charge in [0.25, 0.3) is 5.91 Å². The van der Waals surface area contributed by atoms with E-state index >= 15 is 0 Å².